The summed E-state index contributed by atoms with van der Waals surface area (Å²) in [4.78, 5) is 2.22. The van der Waals surface area contributed by atoms with E-state index in [0.29, 0.717) is 6.04 Å². The van der Waals surface area contributed by atoms with Crippen LogP contribution < -0.4 is 10.2 Å². The van der Waals surface area contributed by atoms with E-state index in [1.54, 1.807) is 17.4 Å². The van der Waals surface area contributed by atoms with Crippen LogP contribution in [0.3, 0.4) is 0 Å². The van der Waals surface area contributed by atoms with E-state index in [-0.39, 0.29) is 5.82 Å². The lowest BCUT2D eigenvalue weighted by molar-refractivity contribution is 0.609. The van der Waals surface area contributed by atoms with Crippen LogP contribution in [0, 0.1) is 5.82 Å². The van der Waals surface area contributed by atoms with Crippen LogP contribution in [0.15, 0.2) is 35.0 Å². The second-order valence-electron chi connectivity index (χ2n) is 5.56. The van der Waals surface area contributed by atoms with Crippen LogP contribution >= 0.6 is 11.3 Å². The Morgan fingerprint density at radius 3 is 2.76 bits per heavy atom. The van der Waals surface area contributed by atoms with Crippen molar-refractivity contribution >= 4 is 17.0 Å². The van der Waals surface area contributed by atoms with Gasteiger partial charge in [0, 0.05) is 19.1 Å². The summed E-state index contributed by atoms with van der Waals surface area (Å²) in [7, 11) is 0. The molecule has 112 valence electrons. The van der Waals surface area contributed by atoms with Crippen molar-refractivity contribution < 1.29 is 4.39 Å². The molecule has 0 radical (unpaired) electrons. The van der Waals surface area contributed by atoms with Crippen molar-refractivity contribution in [1.29, 1.82) is 0 Å². The highest BCUT2D eigenvalue weighted by atomic mass is 32.1. The molecule has 0 bridgehead atoms. The van der Waals surface area contributed by atoms with Crippen LogP contribution in [0.1, 0.15) is 30.9 Å². The van der Waals surface area contributed by atoms with Crippen LogP contribution in [0.5, 0.6) is 0 Å². The molecule has 1 fully saturated rings. The van der Waals surface area contributed by atoms with Gasteiger partial charge in [-0.1, -0.05) is 13.0 Å². The standard InChI is InChI=1S/C17H21FN2S/c1-2-19-10-13-3-6-17(16(18)9-13)20(15-4-5-15)11-14-7-8-21-12-14/h3,6-9,12,15,19H,2,4-5,10-11H2,1H3. The van der Waals surface area contributed by atoms with Crippen LogP contribution in [0.25, 0.3) is 0 Å². The molecule has 0 aliphatic heterocycles. The van der Waals surface area contributed by atoms with E-state index in [1.807, 2.05) is 12.1 Å². The minimum absolute atomic E-state index is 0.104. The molecule has 3 rings (SSSR count). The molecule has 0 saturated heterocycles. The van der Waals surface area contributed by atoms with Crippen molar-refractivity contribution in [3.63, 3.8) is 0 Å². The molecule has 1 aliphatic rings. The molecule has 1 heterocycles. The highest BCUT2D eigenvalue weighted by Gasteiger charge is 2.30. The van der Waals surface area contributed by atoms with Crippen LogP contribution in [0.2, 0.25) is 0 Å². The molecule has 1 aromatic carbocycles. The summed E-state index contributed by atoms with van der Waals surface area (Å²) in [5.74, 6) is -0.104. The second-order valence-corrected chi connectivity index (χ2v) is 6.34. The van der Waals surface area contributed by atoms with Crippen LogP contribution in [-0.2, 0) is 13.1 Å². The lowest BCUT2D eigenvalue weighted by atomic mass is 10.1. The predicted octanol–water partition coefficient (Wildman–Crippen LogP) is 4.17. The third kappa shape index (κ3) is 3.63. The summed E-state index contributed by atoms with van der Waals surface area (Å²) in [6, 6.07) is 8.26. The summed E-state index contributed by atoms with van der Waals surface area (Å²) in [5, 5.41) is 7.46. The molecule has 4 heteroatoms. The Hall–Kier alpha value is -1.39. The second kappa shape index (κ2) is 6.58. The van der Waals surface area contributed by atoms with Gasteiger partial charge in [0.25, 0.3) is 0 Å². The molecule has 2 aromatic rings. The smallest absolute Gasteiger partial charge is 0.146 e. The summed E-state index contributed by atoms with van der Waals surface area (Å²) >= 11 is 1.70. The average molecular weight is 304 g/mol. The number of benzene rings is 1. The van der Waals surface area contributed by atoms with Crippen molar-refractivity contribution in [2.24, 2.45) is 0 Å². The highest BCUT2D eigenvalue weighted by Crippen LogP contribution is 2.35. The van der Waals surface area contributed by atoms with Gasteiger partial charge < -0.3 is 10.2 Å². The topological polar surface area (TPSA) is 15.3 Å². The number of nitrogens with zero attached hydrogens (tertiary/aromatic N) is 1. The van der Waals surface area contributed by atoms with Gasteiger partial charge in [-0.2, -0.15) is 11.3 Å². The monoisotopic (exact) mass is 304 g/mol. The fraction of sp³-hybridized carbons (Fsp3) is 0.412. The number of hydrogen-bond donors (Lipinski definition) is 1. The van der Waals surface area contributed by atoms with E-state index in [2.05, 4.69) is 34.0 Å². The molecule has 1 aliphatic carbocycles. The summed E-state index contributed by atoms with van der Waals surface area (Å²) < 4.78 is 14.5. The van der Waals surface area contributed by atoms with Crippen molar-refractivity contribution in [1.82, 2.24) is 5.32 Å². The quantitative estimate of drug-likeness (QED) is 0.826. The maximum absolute atomic E-state index is 14.5. The van der Waals surface area contributed by atoms with Crippen molar-refractivity contribution in [2.45, 2.75) is 38.9 Å². The van der Waals surface area contributed by atoms with E-state index < -0.39 is 0 Å². The van der Waals surface area contributed by atoms with E-state index >= 15 is 0 Å². The molecule has 21 heavy (non-hydrogen) atoms. The number of anilines is 1. The predicted molar refractivity (Wildman–Crippen MR) is 87.3 cm³/mol. The zero-order valence-corrected chi connectivity index (χ0v) is 13.1. The van der Waals surface area contributed by atoms with Gasteiger partial charge in [-0.3, -0.25) is 0 Å². The number of nitrogens with one attached hydrogen (secondary N) is 1. The lowest BCUT2D eigenvalue weighted by Gasteiger charge is -2.25. The Balaban J connectivity index is 1.79. The molecule has 0 amide bonds. The molecule has 0 atom stereocenters. The van der Waals surface area contributed by atoms with E-state index in [1.165, 1.54) is 18.4 Å². The average Bonchev–Trinajstić information content (AvgIpc) is 3.20. The van der Waals surface area contributed by atoms with Gasteiger partial charge in [-0.25, -0.2) is 4.39 Å². The van der Waals surface area contributed by atoms with Gasteiger partial charge in [0.2, 0.25) is 0 Å². The zero-order valence-electron chi connectivity index (χ0n) is 12.3. The van der Waals surface area contributed by atoms with Gasteiger partial charge >= 0.3 is 0 Å². The van der Waals surface area contributed by atoms with E-state index in [4.69, 9.17) is 0 Å². The van der Waals surface area contributed by atoms with Gasteiger partial charge in [0.15, 0.2) is 0 Å². The number of hydrogen-bond acceptors (Lipinski definition) is 3. The Kier molecular flexibility index (Phi) is 4.56. The third-order valence-corrected chi connectivity index (χ3v) is 4.55. The van der Waals surface area contributed by atoms with Crippen molar-refractivity contribution in [3.05, 3.63) is 52.0 Å². The minimum Gasteiger partial charge on any atom is -0.362 e. The Bertz CT molecular complexity index is 578. The molecular formula is C17H21FN2S. The Morgan fingerprint density at radius 1 is 1.29 bits per heavy atom. The first-order valence-corrected chi connectivity index (χ1v) is 8.49. The summed E-state index contributed by atoms with van der Waals surface area (Å²) in [6.07, 6.45) is 2.34. The minimum atomic E-state index is -0.104. The first kappa shape index (κ1) is 14.5. The molecule has 0 unspecified atom stereocenters. The highest BCUT2D eigenvalue weighted by molar-refractivity contribution is 7.07. The molecule has 1 aromatic heterocycles. The zero-order chi connectivity index (χ0) is 14.7. The van der Waals surface area contributed by atoms with Gasteiger partial charge in [-0.05, 0) is 59.5 Å². The Morgan fingerprint density at radius 2 is 2.14 bits per heavy atom. The third-order valence-electron chi connectivity index (χ3n) is 3.82. The SMILES string of the molecule is CCNCc1ccc(N(Cc2ccsc2)C2CC2)c(F)c1. The molecular weight excluding hydrogens is 283 g/mol. The van der Waals surface area contributed by atoms with Crippen molar-refractivity contribution in [2.75, 3.05) is 11.4 Å². The summed E-state index contributed by atoms with van der Waals surface area (Å²) in [6.45, 7) is 4.48. The first-order chi connectivity index (χ1) is 10.3. The first-order valence-electron chi connectivity index (χ1n) is 7.54. The summed E-state index contributed by atoms with van der Waals surface area (Å²) in [5.41, 5.74) is 3.01. The molecule has 1 saturated carbocycles. The fourth-order valence-corrected chi connectivity index (χ4v) is 3.20. The van der Waals surface area contributed by atoms with E-state index in [9.17, 15) is 4.39 Å². The number of rotatable bonds is 7. The van der Waals surface area contributed by atoms with Gasteiger partial charge in [0.1, 0.15) is 5.82 Å². The van der Waals surface area contributed by atoms with Crippen LogP contribution in [-0.4, -0.2) is 12.6 Å². The normalized spacial score (nSPS) is 14.4. The number of halogens is 1. The number of thiophene rings is 1. The van der Waals surface area contributed by atoms with Gasteiger partial charge in [0.05, 0.1) is 5.69 Å². The largest absolute Gasteiger partial charge is 0.362 e. The molecule has 1 N–H and O–H groups in total. The molecule has 2 nitrogen and oxygen atoms in total. The fourth-order valence-electron chi connectivity index (χ4n) is 2.54. The van der Waals surface area contributed by atoms with Gasteiger partial charge in [-0.15, -0.1) is 0 Å². The van der Waals surface area contributed by atoms with E-state index in [0.717, 1.165) is 30.9 Å². The Labute approximate surface area is 129 Å². The lowest BCUT2D eigenvalue weighted by Crippen LogP contribution is -2.26. The maximum Gasteiger partial charge on any atom is 0.146 e. The van der Waals surface area contributed by atoms with Crippen LogP contribution in [0.4, 0.5) is 10.1 Å². The molecule has 0 spiro atoms. The maximum atomic E-state index is 14.5. The van der Waals surface area contributed by atoms with Crippen molar-refractivity contribution in [3.8, 4) is 0 Å².